The largest absolute Gasteiger partial charge is 0.476 e. The number of ether oxygens (including phenoxy) is 3. The molecule has 9 nitrogen and oxygen atoms in total. The molecule has 2 aromatic carbocycles. The molecule has 0 aliphatic rings. The van der Waals surface area contributed by atoms with E-state index in [1.807, 2.05) is 35.0 Å². The minimum atomic E-state index is -4.48. The highest BCUT2D eigenvalue weighted by molar-refractivity contribution is 6.76. The van der Waals surface area contributed by atoms with Crippen LogP contribution < -0.4 is 4.74 Å². The fraction of sp³-hybridized carbons (Fsp3) is 0.405. The lowest BCUT2D eigenvalue weighted by Gasteiger charge is -2.26. The lowest BCUT2D eigenvalue weighted by molar-refractivity contribution is -0.124. The van der Waals surface area contributed by atoms with E-state index >= 15 is 0 Å². The lowest BCUT2D eigenvalue weighted by Crippen LogP contribution is -2.39. The maximum atomic E-state index is 14.3. The van der Waals surface area contributed by atoms with Gasteiger partial charge in [-0.2, -0.15) is 13.2 Å². The van der Waals surface area contributed by atoms with Gasteiger partial charge < -0.3 is 28.6 Å². The predicted molar refractivity (Wildman–Crippen MR) is 214 cm³/mol. The van der Waals surface area contributed by atoms with Crippen molar-refractivity contribution >= 4 is 42.1 Å². The topological polar surface area (TPSA) is 86.1 Å². The minimum Gasteiger partial charge on any atom is -0.476 e. The Morgan fingerprint density at radius 3 is 2.24 bits per heavy atom. The van der Waals surface area contributed by atoms with E-state index in [-0.39, 0.29) is 37.1 Å². The first-order valence-electron chi connectivity index (χ1n) is 18.3. The number of allylic oxidation sites excluding steroid dienone is 1. The second kappa shape index (κ2) is 18.6. The van der Waals surface area contributed by atoms with E-state index in [0.717, 1.165) is 16.9 Å². The van der Waals surface area contributed by atoms with Gasteiger partial charge in [0.15, 0.2) is 0 Å². The molecule has 13 heteroatoms. The molecule has 4 aromatic rings. The fourth-order valence-corrected chi connectivity index (χ4v) is 6.34. The molecule has 2 heterocycles. The van der Waals surface area contributed by atoms with E-state index in [0.29, 0.717) is 35.6 Å². The molecule has 55 heavy (non-hydrogen) atoms. The van der Waals surface area contributed by atoms with Gasteiger partial charge in [-0.05, 0) is 73.4 Å². The Labute approximate surface area is 323 Å². The molecule has 0 saturated heterocycles. The number of amides is 2. The van der Waals surface area contributed by atoms with E-state index in [1.165, 1.54) is 22.1 Å². The van der Waals surface area contributed by atoms with Crippen LogP contribution in [0.1, 0.15) is 43.9 Å². The molecule has 2 amide bonds. The molecule has 0 atom stereocenters. The average molecular weight is 779 g/mol. The van der Waals surface area contributed by atoms with Crippen LogP contribution in [0, 0.1) is 0 Å². The van der Waals surface area contributed by atoms with Crippen LogP contribution >= 0.6 is 0 Å². The second-order valence-electron chi connectivity index (χ2n) is 15.7. The van der Waals surface area contributed by atoms with Crippen LogP contribution in [0.25, 0.3) is 22.0 Å². The van der Waals surface area contributed by atoms with Crippen molar-refractivity contribution in [2.75, 3.05) is 40.4 Å². The summed E-state index contributed by atoms with van der Waals surface area (Å²) in [5.41, 5.74) is 2.24. The van der Waals surface area contributed by atoms with Crippen molar-refractivity contribution in [1.82, 2.24) is 19.4 Å². The maximum Gasteiger partial charge on any atom is 0.410 e. The van der Waals surface area contributed by atoms with Crippen molar-refractivity contribution in [2.24, 2.45) is 0 Å². The second-order valence-corrected chi connectivity index (χ2v) is 21.3. The van der Waals surface area contributed by atoms with Gasteiger partial charge in [-0.1, -0.05) is 62.1 Å². The van der Waals surface area contributed by atoms with Gasteiger partial charge in [0.1, 0.15) is 18.9 Å². The number of benzene rings is 2. The van der Waals surface area contributed by atoms with E-state index in [9.17, 15) is 22.8 Å². The van der Waals surface area contributed by atoms with E-state index in [4.69, 9.17) is 14.2 Å². The summed E-state index contributed by atoms with van der Waals surface area (Å²) >= 11 is 0. The third kappa shape index (κ3) is 13.7. The normalized spacial score (nSPS) is 12.9. The van der Waals surface area contributed by atoms with Gasteiger partial charge in [0.2, 0.25) is 11.8 Å². The monoisotopic (exact) mass is 778 g/mol. The number of carbonyl (C=O) groups is 2. The molecule has 2 aromatic heterocycles. The molecule has 0 spiro atoms. The Morgan fingerprint density at radius 2 is 1.62 bits per heavy atom. The maximum absolute atomic E-state index is 14.3. The van der Waals surface area contributed by atoms with Crippen molar-refractivity contribution < 1.29 is 37.0 Å². The van der Waals surface area contributed by atoms with Crippen LogP contribution in [0.2, 0.25) is 25.7 Å². The Morgan fingerprint density at radius 1 is 0.909 bits per heavy atom. The first kappa shape index (κ1) is 42.9. The Balaban J connectivity index is 1.63. The molecule has 4 rings (SSSR count). The first-order valence-corrected chi connectivity index (χ1v) is 22.0. The Kier molecular flexibility index (Phi) is 14.5. The molecule has 0 N–H and O–H groups in total. The van der Waals surface area contributed by atoms with Crippen molar-refractivity contribution in [2.45, 2.75) is 71.4 Å². The third-order valence-corrected chi connectivity index (χ3v) is 10.1. The number of halogens is 3. The molecule has 296 valence electrons. The van der Waals surface area contributed by atoms with Crippen LogP contribution in [0.3, 0.4) is 0 Å². The highest BCUT2D eigenvalue weighted by atomic mass is 28.3. The summed E-state index contributed by atoms with van der Waals surface area (Å²) in [5, 5.41) is 0.867. The Bertz CT molecular complexity index is 1940. The zero-order chi connectivity index (χ0) is 40.4. The van der Waals surface area contributed by atoms with Gasteiger partial charge in [0.05, 0.1) is 18.5 Å². The van der Waals surface area contributed by atoms with Gasteiger partial charge in [-0.25, -0.2) is 9.78 Å². The highest BCUT2D eigenvalue weighted by Gasteiger charge is 2.32. The molecule has 0 unspecified atom stereocenters. The van der Waals surface area contributed by atoms with Crippen LogP contribution in [-0.4, -0.2) is 91.6 Å². The third-order valence-electron chi connectivity index (χ3n) is 8.40. The zero-order valence-electron chi connectivity index (χ0n) is 33.1. The average Bonchev–Trinajstić information content (AvgIpc) is 3.50. The molecule has 0 saturated carbocycles. The van der Waals surface area contributed by atoms with Crippen molar-refractivity contribution in [1.29, 1.82) is 0 Å². The Hall–Kier alpha value is -4.88. The van der Waals surface area contributed by atoms with Crippen LogP contribution in [0.15, 0.2) is 91.3 Å². The van der Waals surface area contributed by atoms with Crippen molar-refractivity contribution in [3.8, 4) is 5.88 Å². The first-order chi connectivity index (χ1) is 25.8. The zero-order valence-corrected chi connectivity index (χ0v) is 34.1. The van der Waals surface area contributed by atoms with E-state index < -0.39 is 32.4 Å². The predicted octanol–water partition coefficient (Wildman–Crippen LogP) is 9.52. The summed E-state index contributed by atoms with van der Waals surface area (Å²) in [5.74, 6) is 0.00387. The van der Waals surface area contributed by atoms with E-state index in [2.05, 4.69) is 24.6 Å². The number of alkyl halides is 3. The summed E-state index contributed by atoms with van der Waals surface area (Å²) in [7, 11) is 2.02. The highest BCUT2D eigenvalue weighted by Crippen LogP contribution is 2.40. The summed E-state index contributed by atoms with van der Waals surface area (Å²) in [6.45, 7) is 13.5. The van der Waals surface area contributed by atoms with Gasteiger partial charge in [0.25, 0.3) is 0 Å². The van der Waals surface area contributed by atoms with Crippen LogP contribution in [0.4, 0.5) is 18.0 Å². The van der Waals surface area contributed by atoms with E-state index in [1.54, 1.807) is 83.4 Å². The van der Waals surface area contributed by atoms with Gasteiger partial charge in [-0.3, -0.25) is 4.79 Å². The van der Waals surface area contributed by atoms with Gasteiger partial charge in [0, 0.05) is 70.8 Å². The molecular formula is C42H53F3N4O5Si. The van der Waals surface area contributed by atoms with Crippen LogP contribution in [0.5, 0.6) is 5.88 Å². The van der Waals surface area contributed by atoms with Crippen molar-refractivity contribution in [3.63, 3.8) is 0 Å². The number of hydrogen-bond donors (Lipinski definition) is 0. The number of carbonyl (C=O) groups excluding carboxylic acids is 2. The number of nitrogens with zero attached hydrogens (tertiary/aromatic N) is 4. The number of fused-ring (bicyclic) bond motifs is 1. The molecule has 0 aliphatic heterocycles. The number of rotatable bonds is 16. The number of hydrogen-bond acceptors (Lipinski definition) is 6. The van der Waals surface area contributed by atoms with Crippen LogP contribution in [-0.2, 0) is 21.0 Å². The minimum absolute atomic E-state index is 0.0443. The number of pyridine rings is 1. The molecule has 0 radical (unpaired) electrons. The molecule has 0 fully saturated rings. The fourth-order valence-electron chi connectivity index (χ4n) is 5.59. The summed E-state index contributed by atoms with van der Waals surface area (Å²) in [6.07, 6.45) is 0.186. The summed E-state index contributed by atoms with van der Waals surface area (Å²) in [6, 6.07) is 20.5. The smallest absolute Gasteiger partial charge is 0.410 e. The number of aromatic nitrogens is 2. The summed E-state index contributed by atoms with van der Waals surface area (Å²) < 4.78 is 62.3. The molecule has 0 bridgehead atoms. The van der Waals surface area contributed by atoms with Crippen molar-refractivity contribution in [3.05, 3.63) is 108 Å². The lowest BCUT2D eigenvalue weighted by atomic mass is 9.88. The standard InChI is InChI=1S/C42H53F3N4O5Si/c1-41(2,3)54-40(51)48(21-12-15-38(50)47(4)5)23-24-53-37-19-17-34(29-46-37)39(35(28-42(43,44)45)31-13-10-9-11-14-31)33-16-18-36-32(27-33)20-22-49(36)30-52-25-26-55(6,7)8/h9-20,22,27,29H,21,23-26,28,30H2,1-8H3/b15-12+,39-35-. The van der Waals surface area contributed by atoms with Gasteiger partial charge in [-0.15, -0.1) is 0 Å². The SMILES string of the molecule is CN(C)C(=O)/C=C/CN(CCOc1ccc(/C(=C(/CC(F)(F)F)c2ccccc2)c2ccc3c(ccn3COCC[Si](C)(C)C)c2)cn1)C(=O)OC(C)(C)C. The molecule has 0 aliphatic carbocycles. The van der Waals surface area contributed by atoms with Gasteiger partial charge >= 0.3 is 12.3 Å². The quantitative estimate of drug-likeness (QED) is 0.0488. The molecular weight excluding hydrogens is 726 g/mol. The summed E-state index contributed by atoms with van der Waals surface area (Å²) in [4.78, 5) is 32.2. The number of likely N-dealkylation sites (N-methyl/N-ethyl adjacent to an activating group) is 1.